The highest BCUT2D eigenvalue weighted by Crippen LogP contribution is 2.37. The number of nitrogens with zero attached hydrogens (tertiary/aromatic N) is 2. The Kier molecular flexibility index (Phi) is 3.81. The van der Waals surface area contributed by atoms with Crippen LogP contribution in [0.5, 0.6) is 5.75 Å². The van der Waals surface area contributed by atoms with Gasteiger partial charge in [-0.2, -0.15) is 21.6 Å². The maximum atomic E-state index is 12.7. The van der Waals surface area contributed by atoms with E-state index < -0.39 is 21.4 Å². The van der Waals surface area contributed by atoms with Gasteiger partial charge in [-0.15, -0.1) is 0 Å². The van der Waals surface area contributed by atoms with Gasteiger partial charge in [0, 0.05) is 23.3 Å². The summed E-state index contributed by atoms with van der Waals surface area (Å²) in [5, 5.41) is 0.694. The lowest BCUT2D eigenvalue weighted by Gasteiger charge is -2.10. The predicted molar refractivity (Wildman–Crippen MR) is 92.4 cm³/mol. The van der Waals surface area contributed by atoms with Crippen molar-refractivity contribution < 1.29 is 25.8 Å². The van der Waals surface area contributed by atoms with Gasteiger partial charge in [0.15, 0.2) is 5.75 Å². The van der Waals surface area contributed by atoms with E-state index in [4.69, 9.17) is 0 Å². The smallest absolute Gasteiger partial charge is 0.375 e. The van der Waals surface area contributed by atoms with Gasteiger partial charge in [0.1, 0.15) is 0 Å². The first-order valence-electron chi connectivity index (χ1n) is 7.58. The summed E-state index contributed by atoms with van der Waals surface area (Å²) in [6.45, 7) is 0. The van der Waals surface area contributed by atoms with Crippen LogP contribution in [0.25, 0.3) is 33.1 Å². The van der Waals surface area contributed by atoms with Crippen LogP contribution in [-0.2, 0) is 10.1 Å². The number of alkyl halides is 3. The summed E-state index contributed by atoms with van der Waals surface area (Å²) >= 11 is 0. The average molecular weight is 393 g/mol. The van der Waals surface area contributed by atoms with Crippen LogP contribution in [0.15, 0.2) is 55.0 Å². The standard InChI is InChI=1S/C17H10F3N3O3S/c18-17(19,20)27(24,25)26-15-5-1-4-12-16(15)11-7-13(22-9-14(11)23-12)10-3-2-6-21-8-10/h1-9,23H. The third-order valence-electron chi connectivity index (χ3n) is 3.91. The molecule has 4 rings (SSSR count). The molecular weight excluding hydrogens is 383 g/mol. The number of hydrogen-bond donors (Lipinski definition) is 1. The van der Waals surface area contributed by atoms with Crippen molar-refractivity contribution in [2.75, 3.05) is 0 Å². The third kappa shape index (κ3) is 2.97. The Bertz CT molecular complexity index is 1250. The Hall–Kier alpha value is -3.14. The molecule has 0 saturated heterocycles. The Morgan fingerprint density at radius 3 is 2.56 bits per heavy atom. The molecule has 1 N–H and O–H groups in total. The number of aromatic nitrogens is 3. The largest absolute Gasteiger partial charge is 0.534 e. The Balaban J connectivity index is 1.93. The molecule has 138 valence electrons. The van der Waals surface area contributed by atoms with Gasteiger partial charge in [-0.3, -0.25) is 9.97 Å². The predicted octanol–water partition coefficient (Wildman–Crippen LogP) is 4.01. The molecule has 0 spiro atoms. The first-order valence-corrected chi connectivity index (χ1v) is 8.99. The molecular formula is C17H10F3N3O3S. The monoisotopic (exact) mass is 393 g/mol. The molecule has 0 aliphatic heterocycles. The van der Waals surface area contributed by atoms with E-state index in [1.165, 1.54) is 18.3 Å². The lowest BCUT2D eigenvalue weighted by Crippen LogP contribution is -2.28. The number of benzene rings is 1. The zero-order valence-electron chi connectivity index (χ0n) is 13.4. The van der Waals surface area contributed by atoms with E-state index in [9.17, 15) is 21.6 Å². The van der Waals surface area contributed by atoms with Crippen LogP contribution >= 0.6 is 0 Å². The Morgan fingerprint density at radius 1 is 1.04 bits per heavy atom. The van der Waals surface area contributed by atoms with Crippen molar-refractivity contribution in [3.05, 3.63) is 55.0 Å². The van der Waals surface area contributed by atoms with E-state index >= 15 is 0 Å². The van der Waals surface area contributed by atoms with Crippen LogP contribution in [0.1, 0.15) is 0 Å². The van der Waals surface area contributed by atoms with Gasteiger partial charge in [0.05, 0.1) is 28.3 Å². The highest BCUT2D eigenvalue weighted by atomic mass is 32.2. The molecule has 0 amide bonds. The Labute approximate surface area is 150 Å². The van der Waals surface area contributed by atoms with Gasteiger partial charge in [-0.1, -0.05) is 6.07 Å². The second-order valence-corrected chi connectivity index (χ2v) is 7.18. The van der Waals surface area contributed by atoms with Gasteiger partial charge in [0.25, 0.3) is 0 Å². The number of halogens is 3. The van der Waals surface area contributed by atoms with Gasteiger partial charge >= 0.3 is 15.6 Å². The molecule has 3 aromatic heterocycles. The number of fused-ring (bicyclic) bond motifs is 3. The van der Waals surface area contributed by atoms with Gasteiger partial charge in [-0.25, -0.2) is 0 Å². The third-order valence-corrected chi connectivity index (χ3v) is 4.88. The summed E-state index contributed by atoms with van der Waals surface area (Å²) in [6.07, 6.45) is 4.70. The highest BCUT2D eigenvalue weighted by molar-refractivity contribution is 7.88. The molecule has 4 aromatic rings. The fourth-order valence-corrected chi connectivity index (χ4v) is 3.20. The first kappa shape index (κ1) is 17.3. The van der Waals surface area contributed by atoms with E-state index in [0.717, 1.165) is 0 Å². The average Bonchev–Trinajstić information content (AvgIpc) is 3.00. The number of hydrogen-bond acceptors (Lipinski definition) is 5. The molecule has 0 aliphatic rings. The van der Waals surface area contributed by atoms with E-state index in [-0.39, 0.29) is 5.39 Å². The summed E-state index contributed by atoms with van der Waals surface area (Å²) in [5.74, 6) is -0.417. The van der Waals surface area contributed by atoms with Crippen molar-refractivity contribution in [2.45, 2.75) is 5.51 Å². The molecule has 0 atom stereocenters. The van der Waals surface area contributed by atoms with E-state index in [1.54, 1.807) is 36.7 Å². The maximum absolute atomic E-state index is 12.7. The first-order chi connectivity index (χ1) is 12.8. The quantitative estimate of drug-likeness (QED) is 0.420. The van der Waals surface area contributed by atoms with Crippen molar-refractivity contribution >= 4 is 31.9 Å². The molecule has 6 nitrogen and oxygen atoms in total. The minimum absolute atomic E-state index is 0.216. The minimum atomic E-state index is -5.79. The summed E-state index contributed by atoms with van der Waals surface area (Å²) in [5.41, 5.74) is -3.34. The molecule has 0 bridgehead atoms. The normalized spacial score (nSPS) is 12.6. The maximum Gasteiger partial charge on any atom is 0.534 e. The number of nitrogens with one attached hydrogen (secondary N) is 1. The van der Waals surface area contributed by atoms with Crippen molar-refractivity contribution in [1.82, 2.24) is 15.0 Å². The number of rotatable bonds is 3. The van der Waals surface area contributed by atoms with Crippen LogP contribution < -0.4 is 4.18 Å². The molecule has 0 aliphatic carbocycles. The molecule has 0 unspecified atom stereocenters. The van der Waals surface area contributed by atoms with E-state index in [1.807, 2.05) is 0 Å². The van der Waals surface area contributed by atoms with Gasteiger partial charge in [-0.05, 0) is 30.3 Å². The molecule has 0 fully saturated rings. The second-order valence-electron chi connectivity index (χ2n) is 5.64. The number of pyridine rings is 2. The summed E-state index contributed by atoms with van der Waals surface area (Å²) in [7, 11) is -5.79. The fraction of sp³-hybridized carbons (Fsp3) is 0.0588. The Morgan fingerprint density at radius 2 is 1.85 bits per heavy atom. The minimum Gasteiger partial charge on any atom is -0.375 e. The van der Waals surface area contributed by atoms with Crippen molar-refractivity contribution in [2.24, 2.45) is 0 Å². The summed E-state index contributed by atoms with van der Waals surface area (Å²) in [4.78, 5) is 11.3. The van der Waals surface area contributed by atoms with Crippen LogP contribution in [-0.4, -0.2) is 28.9 Å². The fourth-order valence-electron chi connectivity index (χ4n) is 2.73. The van der Waals surface area contributed by atoms with Gasteiger partial charge < -0.3 is 9.17 Å². The zero-order chi connectivity index (χ0) is 19.2. The summed E-state index contributed by atoms with van der Waals surface area (Å²) < 4.78 is 65.4. The molecule has 10 heteroatoms. The SMILES string of the molecule is O=S(=O)(Oc1cccc2[nH]c3cnc(-c4cccnc4)cc3c12)C(F)(F)F. The molecule has 0 saturated carbocycles. The molecule has 3 heterocycles. The molecule has 27 heavy (non-hydrogen) atoms. The number of aromatic amines is 1. The molecule has 1 aromatic carbocycles. The van der Waals surface area contributed by atoms with Crippen LogP contribution in [0.4, 0.5) is 13.2 Å². The zero-order valence-corrected chi connectivity index (χ0v) is 14.2. The second kappa shape index (κ2) is 5.95. The van der Waals surface area contributed by atoms with Crippen LogP contribution in [0.3, 0.4) is 0 Å². The van der Waals surface area contributed by atoms with E-state index in [0.29, 0.717) is 27.7 Å². The summed E-state index contributed by atoms with van der Waals surface area (Å²) in [6, 6.07) is 9.31. The number of H-pyrrole nitrogens is 1. The van der Waals surface area contributed by atoms with Gasteiger partial charge in [0.2, 0.25) is 0 Å². The van der Waals surface area contributed by atoms with E-state index in [2.05, 4.69) is 19.1 Å². The highest BCUT2D eigenvalue weighted by Gasteiger charge is 2.48. The topological polar surface area (TPSA) is 84.9 Å². The van der Waals surface area contributed by atoms with Crippen LogP contribution in [0, 0.1) is 0 Å². The van der Waals surface area contributed by atoms with Crippen molar-refractivity contribution in [1.29, 1.82) is 0 Å². The lowest BCUT2D eigenvalue weighted by atomic mass is 10.1. The lowest BCUT2D eigenvalue weighted by molar-refractivity contribution is -0.0499. The molecule has 0 radical (unpaired) electrons. The van der Waals surface area contributed by atoms with Crippen LogP contribution in [0.2, 0.25) is 0 Å². The van der Waals surface area contributed by atoms with Crippen molar-refractivity contribution in [3.8, 4) is 17.0 Å². The van der Waals surface area contributed by atoms with Crippen molar-refractivity contribution in [3.63, 3.8) is 0 Å².